The maximum atomic E-state index is 13.1. The van der Waals surface area contributed by atoms with Gasteiger partial charge in [-0.2, -0.15) is 0 Å². The van der Waals surface area contributed by atoms with Gasteiger partial charge in [0, 0.05) is 17.5 Å². The van der Waals surface area contributed by atoms with E-state index in [2.05, 4.69) is 10.6 Å². The van der Waals surface area contributed by atoms with Crippen LogP contribution in [0.3, 0.4) is 0 Å². The molecule has 1 aromatic carbocycles. The zero-order valence-corrected chi connectivity index (χ0v) is 14.4. The predicted octanol–water partition coefficient (Wildman–Crippen LogP) is 4.04. The summed E-state index contributed by atoms with van der Waals surface area (Å²) in [5.74, 6) is -0.793. The first-order valence-electron chi connectivity index (χ1n) is 7.07. The summed E-state index contributed by atoms with van der Waals surface area (Å²) in [7, 11) is 1.33. The van der Waals surface area contributed by atoms with E-state index >= 15 is 0 Å². The molecular formula is C16H17FN2O2S2. The van der Waals surface area contributed by atoms with E-state index in [0.29, 0.717) is 21.2 Å². The van der Waals surface area contributed by atoms with Crippen molar-refractivity contribution in [2.45, 2.75) is 13.3 Å². The number of thiocarbonyl (C=S) groups is 1. The first-order chi connectivity index (χ1) is 11.1. The minimum atomic E-state index is -0.466. The van der Waals surface area contributed by atoms with E-state index in [9.17, 15) is 9.18 Å². The van der Waals surface area contributed by atoms with Crippen LogP contribution >= 0.6 is 23.6 Å². The Labute approximate surface area is 143 Å². The van der Waals surface area contributed by atoms with Crippen molar-refractivity contribution in [1.82, 2.24) is 5.32 Å². The molecular weight excluding hydrogens is 335 g/mol. The SMILES string of the molecule is CCCNC(=S)Nc1scc(-c2ccc(F)cc2)c1C(=O)OC. The van der Waals surface area contributed by atoms with Gasteiger partial charge in [-0.3, -0.25) is 0 Å². The van der Waals surface area contributed by atoms with Crippen molar-refractivity contribution in [1.29, 1.82) is 0 Å². The van der Waals surface area contributed by atoms with Crippen LogP contribution in [0.2, 0.25) is 0 Å². The number of rotatable bonds is 5. The maximum absolute atomic E-state index is 13.1. The van der Waals surface area contributed by atoms with Gasteiger partial charge < -0.3 is 15.4 Å². The molecule has 0 aliphatic carbocycles. The van der Waals surface area contributed by atoms with Gasteiger partial charge in [0.05, 0.1) is 7.11 Å². The van der Waals surface area contributed by atoms with Crippen molar-refractivity contribution in [3.8, 4) is 11.1 Å². The minimum absolute atomic E-state index is 0.327. The predicted molar refractivity (Wildman–Crippen MR) is 95.6 cm³/mol. The number of halogens is 1. The van der Waals surface area contributed by atoms with Gasteiger partial charge in [0.2, 0.25) is 0 Å². The Kier molecular flexibility index (Phi) is 6.06. The molecule has 0 aliphatic rings. The van der Waals surface area contributed by atoms with E-state index in [-0.39, 0.29) is 5.82 Å². The number of esters is 1. The molecule has 0 unspecified atom stereocenters. The summed E-state index contributed by atoms with van der Waals surface area (Å²) in [6, 6.07) is 5.96. The highest BCUT2D eigenvalue weighted by Crippen LogP contribution is 2.36. The molecule has 0 radical (unpaired) electrons. The lowest BCUT2D eigenvalue weighted by atomic mass is 10.0. The van der Waals surface area contributed by atoms with Gasteiger partial charge in [0.15, 0.2) is 5.11 Å². The highest BCUT2D eigenvalue weighted by Gasteiger charge is 2.21. The average Bonchev–Trinajstić information content (AvgIpc) is 2.96. The Morgan fingerprint density at radius 2 is 2.04 bits per heavy atom. The largest absolute Gasteiger partial charge is 0.465 e. The summed E-state index contributed by atoms with van der Waals surface area (Å²) >= 11 is 6.56. The van der Waals surface area contributed by atoms with Crippen molar-refractivity contribution in [3.05, 3.63) is 41.0 Å². The molecule has 0 saturated heterocycles. The standard InChI is InChI=1S/C16H17FN2O2S2/c1-3-8-18-16(22)19-14-13(15(20)21-2)12(9-23-14)10-4-6-11(17)7-5-10/h4-7,9H,3,8H2,1-2H3,(H2,18,19,22). The zero-order valence-electron chi connectivity index (χ0n) is 12.8. The summed E-state index contributed by atoms with van der Waals surface area (Å²) < 4.78 is 18.0. The van der Waals surface area contributed by atoms with E-state index in [0.717, 1.165) is 18.5 Å². The lowest BCUT2D eigenvalue weighted by Gasteiger charge is -2.10. The summed E-state index contributed by atoms with van der Waals surface area (Å²) in [5, 5.41) is 8.95. The fraction of sp³-hybridized carbons (Fsp3) is 0.250. The molecule has 2 N–H and O–H groups in total. The van der Waals surface area contributed by atoms with Gasteiger partial charge in [0.25, 0.3) is 0 Å². The molecule has 0 aliphatic heterocycles. The van der Waals surface area contributed by atoms with Crippen LogP contribution in [-0.4, -0.2) is 24.7 Å². The van der Waals surface area contributed by atoms with E-state index in [1.165, 1.54) is 30.6 Å². The fourth-order valence-corrected chi connectivity index (χ4v) is 3.21. The number of anilines is 1. The number of carbonyl (C=O) groups is 1. The highest BCUT2D eigenvalue weighted by atomic mass is 32.1. The average molecular weight is 352 g/mol. The van der Waals surface area contributed by atoms with Gasteiger partial charge in [-0.1, -0.05) is 19.1 Å². The summed E-state index contributed by atoms with van der Waals surface area (Å²) in [4.78, 5) is 12.2. The van der Waals surface area contributed by atoms with Crippen LogP contribution in [0.5, 0.6) is 0 Å². The zero-order chi connectivity index (χ0) is 16.8. The molecule has 0 fully saturated rings. The topological polar surface area (TPSA) is 50.4 Å². The molecule has 2 rings (SSSR count). The smallest absolute Gasteiger partial charge is 0.341 e. The molecule has 4 nitrogen and oxygen atoms in total. The van der Waals surface area contributed by atoms with Crippen LogP contribution in [0.4, 0.5) is 9.39 Å². The van der Waals surface area contributed by atoms with Crippen molar-refractivity contribution in [2.75, 3.05) is 19.0 Å². The lowest BCUT2D eigenvalue weighted by molar-refractivity contribution is 0.0603. The van der Waals surface area contributed by atoms with Gasteiger partial charge >= 0.3 is 5.97 Å². The number of methoxy groups -OCH3 is 1. The normalized spacial score (nSPS) is 10.2. The first-order valence-corrected chi connectivity index (χ1v) is 8.36. The Morgan fingerprint density at radius 3 is 2.65 bits per heavy atom. The number of thiophene rings is 1. The van der Waals surface area contributed by atoms with Crippen molar-refractivity contribution in [3.63, 3.8) is 0 Å². The number of hydrogen-bond acceptors (Lipinski definition) is 4. The molecule has 7 heteroatoms. The van der Waals surface area contributed by atoms with Gasteiger partial charge in [-0.25, -0.2) is 9.18 Å². The van der Waals surface area contributed by atoms with Crippen LogP contribution in [-0.2, 0) is 4.74 Å². The molecule has 1 heterocycles. The maximum Gasteiger partial charge on any atom is 0.341 e. The minimum Gasteiger partial charge on any atom is -0.465 e. The van der Waals surface area contributed by atoms with E-state index in [1.54, 1.807) is 12.1 Å². The second-order valence-corrected chi connectivity index (χ2v) is 6.02. The van der Waals surface area contributed by atoms with E-state index in [4.69, 9.17) is 17.0 Å². The van der Waals surface area contributed by atoms with E-state index < -0.39 is 5.97 Å². The molecule has 23 heavy (non-hydrogen) atoms. The Bertz CT molecular complexity index is 699. The molecule has 122 valence electrons. The van der Waals surface area contributed by atoms with Crippen LogP contribution < -0.4 is 10.6 Å². The summed E-state index contributed by atoms with van der Waals surface area (Å²) in [5.41, 5.74) is 1.82. The monoisotopic (exact) mass is 352 g/mol. The molecule has 0 saturated carbocycles. The first kappa shape index (κ1) is 17.4. The third-order valence-electron chi connectivity index (χ3n) is 3.10. The van der Waals surface area contributed by atoms with Crippen LogP contribution in [0.15, 0.2) is 29.6 Å². The molecule has 0 amide bonds. The van der Waals surface area contributed by atoms with Crippen molar-refractivity contribution in [2.24, 2.45) is 0 Å². The second-order valence-electron chi connectivity index (χ2n) is 4.73. The number of hydrogen-bond donors (Lipinski definition) is 2. The summed E-state index contributed by atoms with van der Waals surface area (Å²) in [6.07, 6.45) is 0.941. The second kappa shape index (κ2) is 8.03. The summed E-state index contributed by atoms with van der Waals surface area (Å²) in [6.45, 7) is 2.78. The van der Waals surface area contributed by atoms with Crippen molar-refractivity contribution < 1.29 is 13.9 Å². The van der Waals surface area contributed by atoms with Crippen LogP contribution in [0, 0.1) is 5.82 Å². The molecule has 2 aromatic rings. The Balaban J connectivity index is 2.35. The lowest BCUT2D eigenvalue weighted by Crippen LogP contribution is -2.29. The quantitative estimate of drug-likeness (QED) is 0.628. The van der Waals surface area contributed by atoms with Crippen LogP contribution in [0.25, 0.3) is 11.1 Å². The van der Waals surface area contributed by atoms with Gasteiger partial charge in [0.1, 0.15) is 16.4 Å². The number of benzene rings is 1. The van der Waals surface area contributed by atoms with Crippen LogP contribution in [0.1, 0.15) is 23.7 Å². The van der Waals surface area contributed by atoms with E-state index in [1.807, 2.05) is 12.3 Å². The molecule has 1 aromatic heterocycles. The van der Waals surface area contributed by atoms with Gasteiger partial charge in [-0.15, -0.1) is 11.3 Å². The molecule has 0 spiro atoms. The Hall–Kier alpha value is -1.99. The number of nitrogens with one attached hydrogen (secondary N) is 2. The van der Waals surface area contributed by atoms with Gasteiger partial charge in [-0.05, 0) is 36.3 Å². The molecule has 0 atom stereocenters. The number of ether oxygens (including phenoxy) is 1. The number of carbonyl (C=O) groups excluding carboxylic acids is 1. The third kappa shape index (κ3) is 4.27. The Morgan fingerprint density at radius 1 is 1.35 bits per heavy atom. The third-order valence-corrected chi connectivity index (χ3v) is 4.24. The highest BCUT2D eigenvalue weighted by molar-refractivity contribution is 7.80. The molecule has 0 bridgehead atoms. The fourth-order valence-electron chi connectivity index (χ4n) is 1.98. The van der Waals surface area contributed by atoms with Crippen molar-refractivity contribution >= 4 is 39.6 Å².